The summed E-state index contributed by atoms with van der Waals surface area (Å²) in [5.74, 6) is -1.58. The highest BCUT2D eigenvalue weighted by Gasteiger charge is 2.35. The predicted molar refractivity (Wildman–Crippen MR) is 147 cm³/mol. The second-order valence-electron chi connectivity index (χ2n) is 9.39. The Kier molecular flexibility index (Phi) is 7.76. The molecule has 0 fully saturated rings. The second-order valence-corrected chi connectivity index (χ2v) is 9.39. The molecule has 0 aromatic heterocycles. The molecule has 0 saturated carbocycles. The Hall–Kier alpha value is -4.66. The van der Waals surface area contributed by atoms with Gasteiger partial charge in [0.15, 0.2) is 0 Å². The van der Waals surface area contributed by atoms with Crippen LogP contribution in [0, 0.1) is 5.41 Å². The molecular weight excluding hydrogens is 482 g/mol. The van der Waals surface area contributed by atoms with Crippen molar-refractivity contribution in [2.45, 2.75) is 25.4 Å². The smallest absolute Gasteiger partial charge is 0.305 e. The summed E-state index contributed by atoms with van der Waals surface area (Å²) in [4.78, 5) is 43.3. The molecular formula is C29H31N5O4. The summed E-state index contributed by atoms with van der Waals surface area (Å²) in [6, 6.07) is 21.0. The van der Waals surface area contributed by atoms with Gasteiger partial charge in [0.05, 0.1) is 6.42 Å². The van der Waals surface area contributed by atoms with E-state index in [0.29, 0.717) is 36.3 Å². The molecule has 3 aromatic rings. The Bertz CT molecular complexity index is 1360. The first-order valence-electron chi connectivity index (χ1n) is 12.3. The van der Waals surface area contributed by atoms with Crippen LogP contribution in [0.1, 0.15) is 33.5 Å². The molecule has 0 unspecified atom stereocenters. The summed E-state index contributed by atoms with van der Waals surface area (Å²) in [7, 11) is 3.41. The third kappa shape index (κ3) is 5.67. The normalized spacial score (nSPS) is 15.0. The number of hydrogen-bond donors (Lipinski definition) is 3. The summed E-state index contributed by atoms with van der Waals surface area (Å²) < 4.78 is 0. The summed E-state index contributed by atoms with van der Waals surface area (Å²) in [5.41, 5.74) is 9.81. The molecule has 0 saturated heterocycles. The molecule has 2 amide bonds. The number of fused-ring (bicyclic) bond motifs is 1. The van der Waals surface area contributed by atoms with Crippen molar-refractivity contribution in [1.29, 1.82) is 5.41 Å². The van der Waals surface area contributed by atoms with Crippen molar-refractivity contribution in [2.75, 3.05) is 30.4 Å². The van der Waals surface area contributed by atoms with Gasteiger partial charge in [-0.3, -0.25) is 19.8 Å². The Morgan fingerprint density at radius 2 is 1.71 bits per heavy atom. The van der Waals surface area contributed by atoms with Gasteiger partial charge in [-0.25, -0.2) is 0 Å². The van der Waals surface area contributed by atoms with E-state index in [0.717, 1.165) is 16.8 Å². The van der Waals surface area contributed by atoms with Crippen LogP contribution >= 0.6 is 0 Å². The van der Waals surface area contributed by atoms with Gasteiger partial charge in [0.2, 0.25) is 5.91 Å². The molecule has 1 heterocycles. The van der Waals surface area contributed by atoms with Crippen LogP contribution < -0.4 is 15.5 Å². The number of likely N-dealkylation sites (N-methyl/N-ethyl adjacent to an activating group) is 1. The number of rotatable bonds is 8. The fourth-order valence-corrected chi connectivity index (χ4v) is 4.67. The topological polar surface area (TPSA) is 131 Å². The summed E-state index contributed by atoms with van der Waals surface area (Å²) in [5, 5.41) is 17.0. The average molecular weight is 514 g/mol. The lowest BCUT2D eigenvalue weighted by atomic mass is 10.1. The number of nitrogens with zero attached hydrogens (tertiary/aromatic N) is 3. The largest absolute Gasteiger partial charge is 0.481 e. The first-order valence-corrected chi connectivity index (χ1v) is 12.3. The maximum absolute atomic E-state index is 13.5. The van der Waals surface area contributed by atoms with Gasteiger partial charge in [0, 0.05) is 49.7 Å². The van der Waals surface area contributed by atoms with E-state index in [1.807, 2.05) is 42.5 Å². The van der Waals surface area contributed by atoms with E-state index in [1.165, 1.54) is 4.90 Å². The molecule has 38 heavy (non-hydrogen) atoms. The van der Waals surface area contributed by atoms with Crippen LogP contribution in [0.3, 0.4) is 0 Å². The van der Waals surface area contributed by atoms with E-state index in [-0.39, 0.29) is 24.1 Å². The molecule has 0 aliphatic carbocycles. The number of nitrogens with two attached hydrogens (primary N) is 1. The van der Waals surface area contributed by atoms with Crippen LogP contribution in [0.5, 0.6) is 0 Å². The van der Waals surface area contributed by atoms with E-state index in [1.54, 1.807) is 54.2 Å². The van der Waals surface area contributed by atoms with Crippen molar-refractivity contribution in [2.24, 2.45) is 5.73 Å². The van der Waals surface area contributed by atoms with Crippen molar-refractivity contribution in [3.8, 4) is 0 Å². The number of nitrogens with one attached hydrogen (secondary N) is 1. The van der Waals surface area contributed by atoms with E-state index in [4.69, 9.17) is 11.1 Å². The molecule has 0 spiro atoms. The van der Waals surface area contributed by atoms with Gasteiger partial charge < -0.3 is 25.5 Å². The van der Waals surface area contributed by atoms with Crippen molar-refractivity contribution in [3.63, 3.8) is 0 Å². The highest BCUT2D eigenvalue weighted by molar-refractivity contribution is 6.06. The molecule has 3 aromatic carbocycles. The maximum Gasteiger partial charge on any atom is 0.305 e. The number of nitrogen functional groups attached to an aromatic ring is 1. The van der Waals surface area contributed by atoms with Gasteiger partial charge in [0.25, 0.3) is 5.91 Å². The number of anilines is 2. The van der Waals surface area contributed by atoms with Crippen molar-refractivity contribution in [1.82, 2.24) is 4.90 Å². The van der Waals surface area contributed by atoms with Crippen LogP contribution in [0.4, 0.5) is 11.4 Å². The van der Waals surface area contributed by atoms with E-state index >= 15 is 0 Å². The van der Waals surface area contributed by atoms with Crippen molar-refractivity contribution < 1.29 is 19.5 Å². The highest BCUT2D eigenvalue weighted by Crippen LogP contribution is 2.32. The Balaban J connectivity index is 1.63. The molecule has 1 atom stereocenters. The van der Waals surface area contributed by atoms with Gasteiger partial charge in [0.1, 0.15) is 11.9 Å². The SMILES string of the molecule is CN(C(=O)c1ccc(C(=N)N)cc1)c1ccc2c(c1)CN(CCc1ccccc1)C(=O)[C@@H](CC(=O)O)N2C. The van der Waals surface area contributed by atoms with E-state index in [9.17, 15) is 19.5 Å². The minimum atomic E-state index is -1.04. The van der Waals surface area contributed by atoms with Crippen LogP contribution in [-0.2, 0) is 22.6 Å². The first-order chi connectivity index (χ1) is 18.2. The number of carbonyl (C=O) groups excluding carboxylic acids is 2. The number of carbonyl (C=O) groups is 3. The zero-order chi connectivity index (χ0) is 27.4. The van der Waals surface area contributed by atoms with Crippen LogP contribution in [0.15, 0.2) is 72.8 Å². The number of amidine groups is 1. The molecule has 196 valence electrons. The number of carboxylic acids is 1. The first kappa shape index (κ1) is 26.4. The molecule has 0 bridgehead atoms. The van der Waals surface area contributed by atoms with E-state index < -0.39 is 12.0 Å². The van der Waals surface area contributed by atoms with Gasteiger partial charge in [-0.1, -0.05) is 42.5 Å². The maximum atomic E-state index is 13.5. The zero-order valence-electron chi connectivity index (χ0n) is 21.4. The lowest BCUT2D eigenvalue weighted by Crippen LogP contribution is -2.46. The highest BCUT2D eigenvalue weighted by atomic mass is 16.4. The standard InChI is InChI=1S/C29H31N5O4/c1-32(28(37)21-10-8-20(9-11-21)27(30)31)23-12-13-24-22(16-23)18-34(15-14-19-6-4-3-5-7-19)29(38)25(33(24)2)17-26(35)36/h3-13,16,25H,14-15,17-18H2,1-2H3,(H3,30,31)(H,35,36)/t25-/m1/s1. The number of carboxylic acid groups (broad SMARTS) is 1. The van der Waals surface area contributed by atoms with Crippen LogP contribution in [0.2, 0.25) is 0 Å². The summed E-state index contributed by atoms with van der Waals surface area (Å²) in [6.45, 7) is 0.735. The number of amides is 2. The predicted octanol–water partition coefficient (Wildman–Crippen LogP) is 3.11. The monoisotopic (exact) mass is 513 g/mol. The number of aliphatic carboxylic acids is 1. The van der Waals surface area contributed by atoms with Crippen LogP contribution in [-0.4, -0.2) is 60.3 Å². The van der Waals surface area contributed by atoms with Gasteiger partial charge in [-0.05, 0) is 47.9 Å². The molecule has 4 N–H and O–H groups in total. The lowest BCUT2D eigenvalue weighted by Gasteiger charge is -2.29. The number of benzene rings is 3. The zero-order valence-corrected chi connectivity index (χ0v) is 21.4. The third-order valence-corrected chi connectivity index (χ3v) is 6.88. The molecule has 9 heteroatoms. The Morgan fingerprint density at radius 3 is 2.34 bits per heavy atom. The van der Waals surface area contributed by atoms with E-state index in [2.05, 4.69) is 0 Å². The fraction of sp³-hybridized carbons (Fsp3) is 0.241. The molecule has 1 aliphatic heterocycles. The van der Waals surface area contributed by atoms with Crippen molar-refractivity contribution in [3.05, 3.63) is 95.1 Å². The summed E-state index contributed by atoms with van der Waals surface area (Å²) >= 11 is 0. The van der Waals surface area contributed by atoms with Gasteiger partial charge in [-0.2, -0.15) is 0 Å². The molecule has 0 radical (unpaired) electrons. The third-order valence-electron chi connectivity index (χ3n) is 6.88. The van der Waals surface area contributed by atoms with Gasteiger partial charge >= 0.3 is 5.97 Å². The molecule has 1 aliphatic rings. The Morgan fingerprint density at radius 1 is 1.05 bits per heavy atom. The Labute approximate surface area is 221 Å². The summed E-state index contributed by atoms with van der Waals surface area (Å²) in [6.07, 6.45) is 0.326. The fourth-order valence-electron chi connectivity index (χ4n) is 4.67. The molecule has 9 nitrogen and oxygen atoms in total. The average Bonchev–Trinajstić information content (AvgIpc) is 3.01. The molecule has 4 rings (SSSR count). The van der Waals surface area contributed by atoms with Crippen LogP contribution in [0.25, 0.3) is 0 Å². The number of hydrogen-bond acceptors (Lipinski definition) is 5. The van der Waals surface area contributed by atoms with Crippen molar-refractivity contribution >= 4 is 35.0 Å². The quantitative estimate of drug-likeness (QED) is 0.313. The minimum absolute atomic E-state index is 0.0696. The van der Waals surface area contributed by atoms with Gasteiger partial charge in [-0.15, -0.1) is 0 Å². The minimum Gasteiger partial charge on any atom is -0.481 e. The lowest BCUT2D eigenvalue weighted by molar-refractivity contribution is -0.142. The second kappa shape index (κ2) is 11.2.